The second kappa shape index (κ2) is 9.45. The van der Waals surface area contributed by atoms with Crippen molar-refractivity contribution in [1.29, 1.82) is 0 Å². The van der Waals surface area contributed by atoms with Crippen molar-refractivity contribution in [3.8, 4) is 11.3 Å². The van der Waals surface area contributed by atoms with Crippen LogP contribution in [0.5, 0.6) is 0 Å². The molecular weight excluding hydrogens is 390 g/mol. The van der Waals surface area contributed by atoms with Gasteiger partial charge in [-0.2, -0.15) is 0 Å². The predicted octanol–water partition coefficient (Wildman–Crippen LogP) is 2.54. The van der Waals surface area contributed by atoms with Crippen LogP contribution in [0.2, 0.25) is 0 Å². The topological polar surface area (TPSA) is 80.2 Å². The molecule has 3 aromatic heterocycles. The minimum absolute atomic E-state index is 0.380. The fourth-order valence-electron chi connectivity index (χ4n) is 4.36. The number of hydrogen-bond donors (Lipinski definition) is 0. The van der Waals surface area contributed by atoms with E-state index in [4.69, 9.17) is 9.72 Å². The normalized spacial score (nSPS) is 18.3. The van der Waals surface area contributed by atoms with E-state index in [1.54, 1.807) is 18.6 Å². The Hall–Kier alpha value is -2.97. The number of aromatic nitrogens is 5. The van der Waals surface area contributed by atoms with Crippen LogP contribution in [-0.2, 0) is 11.3 Å². The van der Waals surface area contributed by atoms with E-state index in [-0.39, 0.29) is 0 Å². The molecule has 8 heteroatoms. The Morgan fingerprint density at radius 3 is 2.48 bits per heavy atom. The van der Waals surface area contributed by atoms with Gasteiger partial charge in [0.15, 0.2) is 0 Å². The Morgan fingerprint density at radius 2 is 1.74 bits per heavy atom. The summed E-state index contributed by atoms with van der Waals surface area (Å²) in [6.45, 7) is 6.11. The van der Waals surface area contributed by atoms with Gasteiger partial charge in [-0.3, -0.25) is 19.9 Å². The Labute approximate surface area is 182 Å². The lowest BCUT2D eigenvalue weighted by molar-refractivity contribution is 0.122. The molecule has 31 heavy (non-hydrogen) atoms. The number of morpholine rings is 1. The van der Waals surface area contributed by atoms with E-state index in [0.717, 1.165) is 81.7 Å². The number of rotatable bonds is 5. The minimum Gasteiger partial charge on any atom is -0.378 e. The highest BCUT2D eigenvalue weighted by Crippen LogP contribution is 2.34. The van der Waals surface area contributed by atoms with Crippen LogP contribution in [0, 0.1) is 0 Å². The summed E-state index contributed by atoms with van der Waals surface area (Å²) in [7, 11) is 0. The van der Waals surface area contributed by atoms with Crippen LogP contribution in [0.3, 0.4) is 0 Å². The molecule has 0 atom stereocenters. The minimum atomic E-state index is 0.380. The van der Waals surface area contributed by atoms with Crippen LogP contribution >= 0.6 is 0 Å². The van der Waals surface area contributed by atoms with Gasteiger partial charge in [0.05, 0.1) is 30.8 Å². The second-order valence-electron chi connectivity index (χ2n) is 8.07. The van der Waals surface area contributed by atoms with E-state index in [1.165, 1.54) is 5.56 Å². The first kappa shape index (κ1) is 20.0. The van der Waals surface area contributed by atoms with Gasteiger partial charge in [0, 0.05) is 62.1 Å². The SMILES string of the molecule is c1cncc(CN2CCC(c3nc(N4CCOCC4)ncc3-c3cnccn3)CC2)c1. The lowest BCUT2D eigenvalue weighted by atomic mass is 9.90. The van der Waals surface area contributed by atoms with Gasteiger partial charge >= 0.3 is 0 Å². The Morgan fingerprint density at radius 1 is 0.903 bits per heavy atom. The number of pyridine rings is 1. The molecule has 2 aliphatic heterocycles. The first-order valence-electron chi connectivity index (χ1n) is 10.9. The van der Waals surface area contributed by atoms with Crippen LogP contribution < -0.4 is 4.90 Å². The monoisotopic (exact) mass is 417 g/mol. The van der Waals surface area contributed by atoms with Gasteiger partial charge < -0.3 is 9.64 Å². The van der Waals surface area contributed by atoms with E-state index >= 15 is 0 Å². The van der Waals surface area contributed by atoms with Gasteiger partial charge in [-0.1, -0.05) is 6.07 Å². The molecule has 0 bridgehead atoms. The maximum Gasteiger partial charge on any atom is 0.225 e. The second-order valence-corrected chi connectivity index (χ2v) is 8.07. The van der Waals surface area contributed by atoms with Crippen molar-refractivity contribution in [3.63, 3.8) is 0 Å². The van der Waals surface area contributed by atoms with Gasteiger partial charge in [0.1, 0.15) is 0 Å². The summed E-state index contributed by atoms with van der Waals surface area (Å²) in [4.78, 5) is 27.5. The summed E-state index contributed by atoms with van der Waals surface area (Å²) >= 11 is 0. The average Bonchev–Trinajstić information content (AvgIpc) is 2.86. The molecule has 0 radical (unpaired) electrons. The molecular formula is C23H27N7O. The molecule has 0 spiro atoms. The third kappa shape index (κ3) is 4.70. The lowest BCUT2D eigenvalue weighted by Gasteiger charge is -2.33. The van der Waals surface area contributed by atoms with Gasteiger partial charge in [-0.25, -0.2) is 9.97 Å². The summed E-state index contributed by atoms with van der Waals surface area (Å²) in [5.74, 6) is 1.17. The summed E-state index contributed by atoms with van der Waals surface area (Å²) in [5.41, 5.74) is 4.19. The first-order valence-corrected chi connectivity index (χ1v) is 10.9. The van der Waals surface area contributed by atoms with Crippen LogP contribution in [0.25, 0.3) is 11.3 Å². The van der Waals surface area contributed by atoms with Gasteiger partial charge in [0.2, 0.25) is 5.95 Å². The predicted molar refractivity (Wildman–Crippen MR) is 118 cm³/mol. The number of hydrogen-bond acceptors (Lipinski definition) is 8. The maximum atomic E-state index is 5.50. The molecule has 0 amide bonds. The number of anilines is 1. The molecule has 160 valence electrons. The highest BCUT2D eigenvalue weighted by molar-refractivity contribution is 5.62. The lowest BCUT2D eigenvalue weighted by Crippen LogP contribution is -2.38. The third-order valence-electron chi connectivity index (χ3n) is 6.04. The average molecular weight is 418 g/mol. The van der Waals surface area contributed by atoms with E-state index < -0.39 is 0 Å². The number of ether oxygens (including phenoxy) is 1. The molecule has 0 N–H and O–H groups in total. The summed E-state index contributed by atoms with van der Waals surface area (Å²) < 4.78 is 5.50. The van der Waals surface area contributed by atoms with E-state index in [2.05, 4.69) is 35.8 Å². The summed E-state index contributed by atoms with van der Waals surface area (Å²) in [5, 5.41) is 0. The largest absolute Gasteiger partial charge is 0.378 e. The molecule has 2 aliphatic rings. The smallest absolute Gasteiger partial charge is 0.225 e. The first-order chi connectivity index (χ1) is 15.4. The van der Waals surface area contributed by atoms with E-state index in [1.807, 2.05) is 24.7 Å². The van der Waals surface area contributed by atoms with Crippen LogP contribution in [0.15, 0.2) is 49.3 Å². The van der Waals surface area contributed by atoms with Crippen molar-refractivity contribution in [2.24, 2.45) is 0 Å². The van der Waals surface area contributed by atoms with Crippen LogP contribution in [0.1, 0.15) is 30.0 Å². The zero-order chi connectivity index (χ0) is 20.9. The molecule has 5 heterocycles. The van der Waals surface area contributed by atoms with Crippen LogP contribution in [-0.4, -0.2) is 69.2 Å². The molecule has 2 saturated heterocycles. The Balaban J connectivity index is 1.37. The van der Waals surface area contributed by atoms with Crippen molar-refractivity contribution in [2.75, 3.05) is 44.3 Å². The van der Waals surface area contributed by atoms with Crippen molar-refractivity contribution >= 4 is 5.95 Å². The van der Waals surface area contributed by atoms with Crippen molar-refractivity contribution in [2.45, 2.75) is 25.3 Å². The third-order valence-corrected chi connectivity index (χ3v) is 6.04. The van der Waals surface area contributed by atoms with Crippen molar-refractivity contribution < 1.29 is 4.74 Å². The quantitative estimate of drug-likeness (QED) is 0.627. The van der Waals surface area contributed by atoms with E-state index in [0.29, 0.717) is 5.92 Å². The number of nitrogens with zero attached hydrogens (tertiary/aromatic N) is 7. The Bertz CT molecular complexity index is 972. The molecule has 5 rings (SSSR count). The molecule has 0 saturated carbocycles. The van der Waals surface area contributed by atoms with Crippen molar-refractivity contribution in [3.05, 3.63) is 60.6 Å². The van der Waals surface area contributed by atoms with E-state index in [9.17, 15) is 0 Å². The van der Waals surface area contributed by atoms with Gasteiger partial charge in [0.25, 0.3) is 0 Å². The molecule has 0 aliphatic carbocycles. The zero-order valence-electron chi connectivity index (χ0n) is 17.6. The van der Waals surface area contributed by atoms with Gasteiger partial charge in [-0.15, -0.1) is 0 Å². The molecule has 0 unspecified atom stereocenters. The number of piperidine rings is 1. The molecule has 8 nitrogen and oxygen atoms in total. The maximum absolute atomic E-state index is 5.50. The molecule has 3 aromatic rings. The highest BCUT2D eigenvalue weighted by Gasteiger charge is 2.26. The zero-order valence-corrected chi connectivity index (χ0v) is 17.6. The Kier molecular flexibility index (Phi) is 6.08. The summed E-state index contributed by atoms with van der Waals surface area (Å²) in [6, 6.07) is 4.15. The summed E-state index contributed by atoms with van der Waals surface area (Å²) in [6.07, 6.45) is 13.1. The van der Waals surface area contributed by atoms with Crippen molar-refractivity contribution in [1.82, 2.24) is 29.8 Å². The molecule has 0 aromatic carbocycles. The fourth-order valence-corrected chi connectivity index (χ4v) is 4.36. The fraction of sp³-hybridized carbons (Fsp3) is 0.435. The number of likely N-dealkylation sites (tertiary alicyclic amines) is 1. The standard InChI is InChI=1S/C23H27N7O/c1-2-18(14-24-5-1)17-29-8-3-19(4-9-29)22-20(21-16-25-6-7-26-21)15-27-23(28-22)30-10-12-31-13-11-30/h1-2,5-7,14-16,19H,3-4,8-13,17H2. The van der Waals surface area contributed by atoms with Gasteiger partial charge in [-0.05, 0) is 37.6 Å². The van der Waals surface area contributed by atoms with Crippen LogP contribution in [0.4, 0.5) is 5.95 Å². The highest BCUT2D eigenvalue weighted by atomic mass is 16.5. The molecule has 2 fully saturated rings.